The third-order valence-electron chi connectivity index (χ3n) is 6.29. The largest absolute Gasteiger partial charge is 0.508 e. The van der Waals surface area contributed by atoms with Crippen LogP contribution in [0.1, 0.15) is 56.2 Å². The normalized spacial score (nSPS) is 11.5. The Bertz CT molecular complexity index is 1050. The second-order valence-electron chi connectivity index (χ2n) is 7.74. The van der Waals surface area contributed by atoms with Gasteiger partial charge in [0.1, 0.15) is 11.5 Å². The van der Waals surface area contributed by atoms with Crippen LogP contribution in [0.5, 0.6) is 11.5 Å². The van der Waals surface area contributed by atoms with Crippen LogP contribution in [0.2, 0.25) is 0 Å². The van der Waals surface area contributed by atoms with Crippen LogP contribution in [0.3, 0.4) is 0 Å². The third-order valence-corrected chi connectivity index (χ3v) is 6.29. The van der Waals surface area contributed by atoms with Crippen molar-refractivity contribution in [3.63, 3.8) is 0 Å². The molecule has 3 rings (SSSR count). The quantitative estimate of drug-likeness (QED) is 0.522. The van der Waals surface area contributed by atoms with Gasteiger partial charge in [0, 0.05) is 5.41 Å². The second-order valence-corrected chi connectivity index (χ2v) is 7.74. The highest BCUT2D eigenvalue weighted by molar-refractivity contribution is 5.90. The minimum Gasteiger partial charge on any atom is -0.508 e. The summed E-state index contributed by atoms with van der Waals surface area (Å²) in [4.78, 5) is 12.1. The Labute approximate surface area is 171 Å². The number of rotatable bonds is 4. The van der Waals surface area contributed by atoms with Crippen LogP contribution in [0, 0.1) is 27.7 Å². The Hall–Kier alpha value is -3.27. The number of phenolic OH excluding ortho intramolecular Hbond substituents is 2. The molecule has 0 spiro atoms. The number of hydrogen-bond acceptors (Lipinski definition) is 3. The SMILES string of the molecule is Cc1c(O)ccc(C(C)(c2ccccc2C(=O)O)c2ccc(O)c(C)c2C)c1C. The van der Waals surface area contributed by atoms with Crippen molar-refractivity contribution in [2.45, 2.75) is 40.0 Å². The summed E-state index contributed by atoms with van der Waals surface area (Å²) in [5.41, 5.74) is 5.23. The first-order chi connectivity index (χ1) is 13.6. The van der Waals surface area contributed by atoms with E-state index in [9.17, 15) is 20.1 Å². The van der Waals surface area contributed by atoms with Crippen LogP contribution < -0.4 is 0 Å². The Morgan fingerprint density at radius 2 is 1.14 bits per heavy atom. The van der Waals surface area contributed by atoms with Gasteiger partial charge in [-0.3, -0.25) is 0 Å². The first-order valence-corrected chi connectivity index (χ1v) is 9.52. The number of benzene rings is 3. The van der Waals surface area contributed by atoms with Gasteiger partial charge in [0.05, 0.1) is 5.56 Å². The van der Waals surface area contributed by atoms with E-state index in [1.807, 2.05) is 58.9 Å². The molecule has 3 aromatic rings. The predicted octanol–water partition coefficient (Wildman–Crippen LogP) is 5.38. The Morgan fingerprint density at radius 1 is 0.690 bits per heavy atom. The van der Waals surface area contributed by atoms with Gasteiger partial charge in [-0.25, -0.2) is 4.79 Å². The van der Waals surface area contributed by atoms with Crippen molar-refractivity contribution in [2.75, 3.05) is 0 Å². The van der Waals surface area contributed by atoms with E-state index < -0.39 is 11.4 Å². The molecule has 0 fully saturated rings. The summed E-state index contributed by atoms with van der Waals surface area (Å²) >= 11 is 0. The minimum atomic E-state index is -0.992. The van der Waals surface area contributed by atoms with Gasteiger partial charge in [-0.2, -0.15) is 0 Å². The average Bonchev–Trinajstić information content (AvgIpc) is 2.70. The van der Waals surface area contributed by atoms with Gasteiger partial charge in [-0.15, -0.1) is 0 Å². The molecule has 0 aliphatic carbocycles. The lowest BCUT2D eigenvalue weighted by molar-refractivity contribution is 0.0694. The van der Waals surface area contributed by atoms with Crippen LogP contribution in [0.25, 0.3) is 0 Å². The molecule has 3 aromatic carbocycles. The lowest BCUT2D eigenvalue weighted by Crippen LogP contribution is -2.30. The number of carboxylic acids is 1. The fraction of sp³-hybridized carbons (Fsp3) is 0.240. The molecule has 150 valence electrons. The van der Waals surface area contributed by atoms with E-state index in [1.165, 1.54) is 0 Å². The molecule has 4 nitrogen and oxygen atoms in total. The summed E-state index contributed by atoms with van der Waals surface area (Å²) in [6.45, 7) is 9.59. The van der Waals surface area contributed by atoms with E-state index >= 15 is 0 Å². The smallest absolute Gasteiger partial charge is 0.336 e. The monoisotopic (exact) mass is 390 g/mol. The van der Waals surface area contributed by atoms with Crippen LogP contribution in [-0.2, 0) is 5.41 Å². The predicted molar refractivity (Wildman–Crippen MR) is 114 cm³/mol. The molecule has 0 saturated heterocycles. The lowest BCUT2D eigenvalue weighted by Gasteiger charge is -2.36. The van der Waals surface area contributed by atoms with E-state index in [4.69, 9.17) is 0 Å². The van der Waals surface area contributed by atoms with E-state index in [0.29, 0.717) is 5.56 Å². The van der Waals surface area contributed by atoms with Gasteiger partial charge < -0.3 is 15.3 Å². The summed E-state index contributed by atoms with van der Waals surface area (Å²) in [6.07, 6.45) is 0. The van der Waals surface area contributed by atoms with Gasteiger partial charge in [-0.1, -0.05) is 30.3 Å². The van der Waals surface area contributed by atoms with Crippen LogP contribution in [-0.4, -0.2) is 21.3 Å². The molecule has 0 aliphatic heterocycles. The molecule has 3 N–H and O–H groups in total. The zero-order valence-corrected chi connectivity index (χ0v) is 17.4. The maximum atomic E-state index is 12.1. The summed E-state index contributed by atoms with van der Waals surface area (Å²) in [6, 6.07) is 14.0. The Kier molecular flexibility index (Phi) is 5.14. The van der Waals surface area contributed by atoms with Gasteiger partial charge in [0.25, 0.3) is 0 Å². The van der Waals surface area contributed by atoms with Crippen LogP contribution in [0.15, 0.2) is 48.5 Å². The fourth-order valence-electron chi connectivity index (χ4n) is 4.24. The van der Waals surface area contributed by atoms with E-state index in [-0.39, 0.29) is 17.1 Å². The van der Waals surface area contributed by atoms with Crippen molar-refractivity contribution in [1.82, 2.24) is 0 Å². The summed E-state index contributed by atoms with van der Waals surface area (Å²) in [5.74, 6) is -0.578. The maximum Gasteiger partial charge on any atom is 0.336 e. The highest BCUT2D eigenvalue weighted by atomic mass is 16.4. The zero-order valence-electron chi connectivity index (χ0n) is 17.4. The van der Waals surface area contributed by atoms with Gasteiger partial charge in [0.2, 0.25) is 0 Å². The van der Waals surface area contributed by atoms with Gasteiger partial charge >= 0.3 is 5.97 Å². The number of aromatic hydroxyl groups is 2. The lowest BCUT2D eigenvalue weighted by atomic mass is 9.66. The molecule has 29 heavy (non-hydrogen) atoms. The van der Waals surface area contributed by atoms with Crippen molar-refractivity contribution >= 4 is 5.97 Å². The van der Waals surface area contributed by atoms with E-state index in [2.05, 4.69) is 0 Å². The van der Waals surface area contributed by atoms with Crippen molar-refractivity contribution in [2.24, 2.45) is 0 Å². The Morgan fingerprint density at radius 3 is 1.59 bits per heavy atom. The second kappa shape index (κ2) is 7.28. The molecule has 0 unspecified atom stereocenters. The number of carboxylic acid groups (broad SMARTS) is 1. The molecule has 0 heterocycles. The van der Waals surface area contributed by atoms with Crippen LogP contribution >= 0.6 is 0 Å². The maximum absolute atomic E-state index is 12.1. The summed E-state index contributed by atoms with van der Waals surface area (Å²) < 4.78 is 0. The molecule has 0 saturated carbocycles. The fourth-order valence-corrected chi connectivity index (χ4v) is 4.24. The summed E-state index contributed by atoms with van der Waals surface area (Å²) in [5, 5.41) is 30.2. The average molecular weight is 390 g/mol. The number of hydrogen-bond donors (Lipinski definition) is 3. The van der Waals surface area contributed by atoms with E-state index in [0.717, 1.165) is 33.4 Å². The van der Waals surface area contributed by atoms with Crippen molar-refractivity contribution < 1.29 is 20.1 Å². The molecular weight excluding hydrogens is 364 g/mol. The van der Waals surface area contributed by atoms with Gasteiger partial charge in [0.15, 0.2) is 0 Å². The van der Waals surface area contributed by atoms with Crippen molar-refractivity contribution in [3.05, 3.63) is 93.0 Å². The van der Waals surface area contributed by atoms with Crippen molar-refractivity contribution in [3.8, 4) is 11.5 Å². The molecule has 0 atom stereocenters. The molecule has 0 bridgehead atoms. The number of carbonyl (C=O) groups is 1. The van der Waals surface area contributed by atoms with Crippen LogP contribution in [0.4, 0.5) is 0 Å². The Balaban J connectivity index is 2.49. The third kappa shape index (κ3) is 3.15. The van der Waals surface area contributed by atoms with E-state index in [1.54, 1.807) is 24.3 Å². The molecule has 0 amide bonds. The minimum absolute atomic E-state index is 0.207. The first kappa shape index (κ1) is 20.5. The first-order valence-electron chi connectivity index (χ1n) is 9.52. The molecule has 0 aromatic heterocycles. The zero-order chi connectivity index (χ0) is 21.5. The summed E-state index contributed by atoms with van der Waals surface area (Å²) in [7, 11) is 0. The topological polar surface area (TPSA) is 77.8 Å². The molecule has 4 heteroatoms. The van der Waals surface area contributed by atoms with Gasteiger partial charge in [-0.05, 0) is 91.8 Å². The highest BCUT2D eigenvalue weighted by Gasteiger charge is 2.37. The standard InChI is InChI=1S/C25H26O4/c1-14-16(3)22(26)12-10-19(14)25(5,20-11-13-23(27)17(4)15(20)2)21-9-7-6-8-18(21)24(28)29/h6-13,26-27H,1-5H3,(H,28,29). The molecular formula is C25H26O4. The molecule has 0 aliphatic rings. The number of phenols is 2. The number of aromatic carboxylic acids is 1. The molecule has 0 radical (unpaired) electrons. The van der Waals surface area contributed by atoms with Crippen molar-refractivity contribution in [1.29, 1.82) is 0 Å². The highest BCUT2D eigenvalue weighted by Crippen LogP contribution is 2.45.